The number of hydrogen-bond acceptors (Lipinski definition) is 2. The van der Waals surface area contributed by atoms with E-state index in [0.29, 0.717) is 12.2 Å². The van der Waals surface area contributed by atoms with Crippen LogP contribution in [0.1, 0.15) is 46.0 Å². The van der Waals surface area contributed by atoms with E-state index in [4.69, 9.17) is 0 Å². The van der Waals surface area contributed by atoms with E-state index >= 15 is 0 Å². The fourth-order valence-corrected chi connectivity index (χ4v) is 3.00. The molecule has 2 aliphatic rings. The van der Waals surface area contributed by atoms with Gasteiger partial charge in [0, 0.05) is 6.42 Å². The van der Waals surface area contributed by atoms with Gasteiger partial charge < -0.3 is 5.11 Å². The summed E-state index contributed by atoms with van der Waals surface area (Å²) < 4.78 is 0. The van der Waals surface area contributed by atoms with Crippen molar-refractivity contribution in [2.24, 2.45) is 5.41 Å². The predicted octanol–water partition coefficient (Wildman–Crippen LogP) is 2.22. The van der Waals surface area contributed by atoms with Gasteiger partial charge in [-0.3, -0.25) is 4.79 Å². The summed E-state index contributed by atoms with van der Waals surface area (Å²) in [6.07, 6.45) is 4.01. The summed E-state index contributed by atoms with van der Waals surface area (Å²) >= 11 is 0. The van der Waals surface area contributed by atoms with Crippen molar-refractivity contribution >= 4 is 5.78 Å². The number of allylic oxidation sites excluding steroid dienone is 2. The Morgan fingerprint density at radius 1 is 1.43 bits per heavy atom. The Kier molecular flexibility index (Phi) is 2.26. The van der Waals surface area contributed by atoms with Gasteiger partial charge in [0.15, 0.2) is 5.78 Å². The third kappa shape index (κ3) is 1.42. The Labute approximate surface area is 85.0 Å². The van der Waals surface area contributed by atoms with Crippen molar-refractivity contribution in [3.63, 3.8) is 0 Å². The molecule has 0 aliphatic heterocycles. The van der Waals surface area contributed by atoms with E-state index in [1.165, 1.54) is 5.57 Å². The maximum atomic E-state index is 11.6. The van der Waals surface area contributed by atoms with E-state index in [2.05, 4.69) is 6.92 Å². The minimum Gasteiger partial charge on any atom is -0.393 e. The molecule has 1 N–H and O–H groups in total. The molecule has 1 fully saturated rings. The van der Waals surface area contributed by atoms with Crippen LogP contribution in [0.5, 0.6) is 0 Å². The predicted molar refractivity (Wildman–Crippen MR) is 54.9 cm³/mol. The smallest absolute Gasteiger partial charge is 0.158 e. The quantitative estimate of drug-likeness (QED) is 0.642. The van der Waals surface area contributed by atoms with Crippen molar-refractivity contribution in [1.82, 2.24) is 0 Å². The van der Waals surface area contributed by atoms with Crippen LogP contribution >= 0.6 is 0 Å². The highest BCUT2D eigenvalue weighted by molar-refractivity contribution is 5.96. The van der Waals surface area contributed by atoms with Crippen LogP contribution in [-0.4, -0.2) is 17.0 Å². The summed E-state index contributed by atoms with van der Waals surface area (Å²) in [5, 5.41) is 9.66. The fourth-order valence-electron chi connectivity index (χ4n) is 3.00. The number of Topliss-reactive ketones (excluding diaryl/α,β-unsaturated/α-hetero) is 1. The van der Waals surface area contributed by atoms with Crippen LogP contribution in [0.15, 0.2) is 11.1 Å². The van der Waals surface area contributed by atoms with Gasteiger partial charge in [-0.2, -0.15) is 0 Å². The first-order valence-electron chi connectivity index (χ1n) is 5.44. The first-order chi connectivity index (χ1) is 6.53. The minimum absolute atomic E-state index is 0.107. The Morgan fingerprint density at radius 2 is 2.14 bits per heavy atom. The van der Waals surface area contributed by atoms with Gasteiger partial charge in [0.05, 0.1) is 6.10 Å². The molecule has 2 aliphatic carbocycles. The summed E-state index contributed by atoms with van der Waals surface area (Å²) in [4.78, 5) is 11.6. The Balaban J connectivity index is 2.37. The summed E-state index contributed by atoms with van der Waals surface area (Å²) in [7, 11) is 0. The zero-order chi connectivity index (χ0) is 10.3. The first kappa shape index (κ1) is 9.91. The van der Waals surface area contributed by atoms with E-state index in [1.54, 1.807) is 0 Å². The van der Waals surface area contributed by atoms with Crippen molar-refractivity contribution in [3.05, 3.63) is 11.1 Å². The van der Waals surface area contributed by atoms with Crippen molar-refractivity contribution in [2.45, 2.75) is 52.1 Å². The zero-order valence-corrected chi connectivity index (χ0v) is 8.97. The molecule has 0 unspecified atom stereocenters. The Morgan fingerprint density at radius 3 is 2.86 bits per heavy atom. The Hall–Kier alpha value is -0.630. The molecule has 0 heterocycles. The van der Waals surface area contributed by atoms with E-state index in [0.717, 1.165) is 31.3 Å². The molecule has 78 valence electrons. The number of rotatable bonds is 0. The highest BCUT2D eigenvalue weighted by Crippen LogP contribution is 2.48. The normalized spacial score (nSPS) is 38.5. The molecule has 0 bridgehead atoms. The minimum atomic E-state index is -0.162. The number of fused-ring (bicyclic) bond motifs is 1. The summed E-state index contributed by atoms with van der Waals surface area (Å²) in [6.45, 7) is 4.15. The van der Waals surface area contributed by atoms with Crippen LogP contribution in [0.2, 0.25) is 0 Å². The van der Waals surface area contributed by atoms with Crippen LogP contribution in [0.4, 0.5) is 0 Å². The van der Waals surface area contributed by atoms with Crippen molar-refractivity contribution in [2.75, 3.05) is 0 Å². The van der Waals surface area contributed by atoms with Gasteiger partial charge in [-0.25, -0.2) is 0 Å². The van der Waals surface area contributed by atoms with Crippen LogP contribution < -0.4 is 0 Å². The van der Waals surface area contributed by atoms with Gasteiger partial charge in [-0.05, 0) is 43.6 Å². The summed E-state index contributed by atoms with van der Waals surface area (Å²) in [6, 6.07) is 0. The molecule has 14 heavy (non-hydrogen) atoms. The van der Waals surface area contributed by atoms with Crippen LogP contribution in [0.25, 0.3) is 0 Å². The highest BCUT2D eigenvalue weighted by Gasteiger charge is 2.40. The topological polar surface area (TPSA) is 37.3 Å². The van der Waals surface area contributed by atoms with Crippen molar-refractivity contribution < 1.29 is 9.90 Å². The molecule has 2 heteroatoms. The monoisotopic (exact) mass is 194 g/mol. The third-order valence-corrected chi connectivity index (χ3v) is 3.92. The van der Waals surface area contributed by atoms with Gasteiger partial charge in [0.25, 0.3) is 0 Å². The molecule has 1 saturated carbocycles. The second-order valence-electron chi connectivity index (χ2n) is 4.98. The second-order valence-corrected chi connectivity index (χ2v) is 4.98. The molecule has 2 atom stereocenters. The van der Waals surface area contributed by atoms with Gasteiger partial charge in [0.1, 0.15) is 0 Å². The average molecular weight is 194 g/mol. The average Bonchev–Trinajstić information content (AvgIpc) is 2.12. The lowest BCUT2D eigenvalue weighted by molar-refractivity contribution is -0.117. The molecule has 0 amide bonds. The maximum Gasteiger partial charge on any atom is 0.158 e. The van der Waals surface area contributed by atoms with Gasteiger partial charge in [0.2, 0.25) is 0 Å². The molecule has 0 aromatic carbocycles. The van der Waals surface area contributed by atoms with E-state index in [-0.39, 0.29) is 11.5 Å². The van der Waals surface area contributed by atoms with Crippen LogP contribution in [-0.2, 0) is 4.79 Å². The second kappa shape index (κ2) is 3.20. The number of hydrogen-bond donors (Lipinski definition) is 1. The number of ketones is 1. The van der Waals surface area contributed by atoms with Crippen LogP contribution in [0, 0.1) is 5.41 Å². The van der Waals surface area contributed by atoms with Crippen LogP contribution in [0.3, 0.4) is 0 Å². The zero-order valence-electron chi connectivity index (χ0n) is 8.97. The lowest BCUT2D eigenvalue weighted by Gasteiger charge is -2.42. The lowest BCUT2D eigenvalue weighted by Crippen LogP contribution is -2.35. The summed E-state index contributed by atoms with van der Waals surface area (Å²) in [5.41, 5.74) is 2.40. The molecular weight excluding hydrogens is 176 g/mol. The molecular formula is C12H18O2. The number of aliphatic hydroxyl groups excluding tert-OH is 1. The third-order valence-electron chi connectivity index (χ3n) is 3.92. The van der Waals surface area contributed by atoms with E-state index in [9.17, 15) is 9.90 Å². The molecule has 0 spiro atoms. The number of aliphatic hydroxyl groups is 1. The van der Waals surface area contributed by atoms with Crippen molar-refractivity contribution in [1.29, 1.82) is 0 Å². The van der Waals surface area contributed by atoms with Crippen molar-refractivity contribution in [3.8, 4) is 0 Å². The van der Waals surface area contributed by atoms with E-state index in [1.807, 2.05) is 6.92 Å². The SMILES string of the molecule is CC1=C2CC[C@H](O)C[C@]2(C)CCC1=O. The molecule has 2 nitrogen and oxygen atoms in total. The van der Waals surface area contributed by atoms with Gasteiger partial charge >= 0.3 is 0 Å². The first-order valence-corrected chi connectivity index (χ1v) is 5.44. The largest absolute Gasteiger partial charge is 0.393 e. The van der Waals surface area contributed by atoms with Gasteiger partial charge in [-0.15, -0.1) is 0 Å². The molecule has 0 radical (unpaired) electrons. The molecule has 2 rings (SSSR count). The molecule has 0 saturated heterocycles. The maximum absolute atomic E-state index is 11.6. The highest BCUT2D eigenvalue weighted by atomic mass is 16.3. The van der Waals surface area contributed by atoms with Gasteiger partial charge in [-0.1, -0.05) is 12.5 Å². The standard InChI is InChI=1S/C12H18O2/c1-8-10-4-3-9(13)7-12(10,2)6-5-11(8)14/h9,13H,3-7H2,1-2H3/t9-,12-/m0/s1. The molecule has 0 aromatic rings. The lowest BCUT2D eigenvalue weighted by atomic mass is 9.63. The Bertz CT molecular complexity index is 303. The number of carbonyl (C=O) groups excluding carboxylic acids is 1. The summed E-state index contributed by atoms with van der Waals surface area (Å²) in [5.74, 6) is 0.314. The molecule has 0 aromatic heterocycles. The fraction of sp³-hybridized carbons (Fsp3) is 0.750. The number of carbonyl (C=O) groups is 1. The van der Waals surface area contributed by atoms with E-state index < -0.39 is 0 Å².